The summed E-state index contributed by atoms with van der Waals surface area (Å²) in [6, 6.07) is 0. The second-order valence-corrected chi connectivity index (χ2v) is 3.31. The summed E-state index contributed by atoms with van der Waals surface area (Å²) in [6.45, 7) is -0.158. The fourth-order valence-corrected chi connectivity index (χ4v) is 1.48. The molecular formula is C10H16O3. The molecule has 1 rings (SSSR count). The van der Waals surface area contributed by atoms with Crippen molar-refractivity contribution in [2.45, 2.75) is 38.2 Å². The van der Waals surface area contributed by atoms with Crippen LogP contribution in [-0.2, 0) is 9.53 Å². The second-order valence-electron chi connectivity index (χ2n) is 3.31. The van der Waals surface area contributed by atoms with Gasteiger partial charge in [-0.25, -0.2) is 4.79 Å². The van der Waals surface area contributed by atoms with Gasteiger partial charge >= 0.3 is 5.97 Å². The zero-order valence-corrected chi connectivity index (χ0v) is 7.74. The van der Waals surface area contributed by atoms with E-state index in [0.29, 0.717) is 0 Å². The monoisotopic (exact) mass is 184 g/mol. The Balaban J connectivity index is 2.23. The highest BCUT2D eigenvalue weighted by Gasteiger charge is 2.10. The van der Waals surface area contributed by atoms with Gasteiger partial charge in [-0.1, -0.05) is 12.2 Å². The first-order valence-corrected chi connectivity index (χ1v) is 4.77. The van der Waals surface area contributed by atoms with Gasteiger partial charge in [0.15, 0.2) is 0 Å². The standard InChI is InChI=1S/C10H16O3/c11-10(12)8-13-9-6-4-2-1-3-5-7-9/h1-2,9H,3-8H2,(H,11,12)/b2-1+/t9-/m0/s1. The molecule has 0 fully saturated rings. The van der Waals surface area contributed by atoms with Gasteiger partial charge in [-0.3, -0.25) is 0 Å². The van der Waals surface area contributed by atoms with Gasteiger partial charge in [-0.05, 0) is 32.1 Å². The minimum absolute atomic E-state index is 0.140. The third-order valence-corrected chi connectivity index (χ3v) is 2.16. The Bertz CT molecular complexity index is 187. The van der Waals surface area contributed by atoms with Crippen LogP contribution < -0.4 is 0 Å². The largest absolute Gasteiger partial charge is 0.480 e. The van der Waals surface area contributed by atoms with E-state index in [4.69, 9.17) is 9.84 Å². The van der Waals surface area contributed by atoms with Gasteiger partial charge in [0.1, 0.15) is 6.61 Å². The Morgan fingerprint density at radius 3 is 2.92 bits per heavy atom. The SMILES string of the molecule is O=C(O)CO[C@H]1CC/C=C/CCC1. The number of hydrogen-bond donors (Lipinski definition) is 1. The second kappa shape index (κ2) is 5.75. The molecule has 3 nitrogen and oxygen atoms in total. The Hall–Kier alpha value is -0.830. The van der Waals surface area contributed by atoms with E-state index in [1.807, 2.05) is 0 Å². The van der Waals surface area contributed by atoms with E-state index in [0.717, 1.165) is 32.1 Å². The van der Waals surface area contributed by atoms with Gasteiger partial charge in [0.2, 0.25) is 0 Å². The summed E-state index contributed by atoms with van der Waals surface area (Å²) >= 11 is 0. The quantitative estimate of drug-likeness (QED) is 0.682. The third-order valence-electron chi connectivity index (χ3n) is 2.16. The van der Waals surface area contributed by atoms with E-state index in [1.165, 1.54) is 0 Å². The number of aliphatic carboxylic acids is 1. The van der Waals surface area contributed by atoms with E-state index in [-0.39, 0.29) is 12.7 Å². The summed E-state index contributed by atoms with van der Waals surface area (Å²) in [4.78, 5) is 10.3. The summed E-state index contributed by atoms with van der Waals surface area (Å²) in [5, 5.41) is 8.43. The maximum absolute atomic E-state index is 10.3. The summed E-state index contributed by atoms with van der Waals surface area (Å²) in [5.74, 6) is -0.877. The predicted octanol–water partition coefficient (Wildman–Crippen LogP) is 1.98. The van der Waals surface area contributed by atoms with Crippen LogP contribution in [0.1, 0.15) is 32.1 Å². The van der Waals surface area contributed by atoms with Crippen molar-refractivity contribution in [3.63, 3.8) is 0 Å². The minimum atomic E-state index is -0.877. The highest BCUT2D eigenvalue weighted by molar-refractivity contribution is 5.68. The number of carboxylic acids is 1. The molecule has 1 atom stereocenters. The van der Waals surface area contributed by atoms with Crippen LogP contribution in [0.4, 0.5) is 0 Å². The number of carboxylic acid groups (broad SMARTS) is 1. The van der Waals surface area contributed by atoms with Crippen LogP contribution in [0.2, 0.25) is 0 Å². The molecule has 13 heavy (non-hydrogen) atoms. The molecule has 0 amide bonds. The number of hydrogen-bond acceptors (Lipinski definition) is 2. The van der Waals surface area contributed by atoms with Crippen LogP contribution in [0.5, 0.6) is 0 Å². The number of allylic oxidation sites excluding steroid dienone is 2. The topological polar surface area (TPSA) is 46.5 Å². The van der Waals surface area contributed by atoms with Crippen LogP contribution in [0.3, 0.4) is 0 Å². The van der Waals surface area contributed by atoms with Crippen LogP contribution >= 0.6 is 0 Å². The minimum Gasteiger partial charge on any atom is -0.480 e. The van der Waals surface area contributed by atoms with Crippen molar-refractivity contribution < 1.29 is 14.6 Å². The van der Waals surface area contributed by atoms with Crippen LogP contribution in [-0.4, -0.2) is 23.8 Å². The summed E-state index contributed by atoms with van der Waals surface area (Å²) < 4.78 is 5.25. The smallest absolute Gasteiger partial charge is 0.329 e. The molecule has 3 heteroatoms. The summed E-state index contributed by atoms with van der Waals surface area (Å²) in [5.41, 5.74) is 0. The molecule has 1 aliphatic rings. The van der Waals surface area contributed by atoms with Crippen molar-refractivity contribution in [2.75, 3.05) is 6.61 Å². The fourth-order valence-electron chi connectivity index (χ4n) is 1.48. The lowest BCUT2D eigenvalue weighted by molar-refractivity contribution is -0.144. The Morgan fingerprint density at radius 1 is 1.38 bits per heavy atom. The molecule has 0 aromatic heterocycles. The van der Waals surface area contributed by atoms with Gasteiger partial charge in [0.25, 0.3) is 0 Å². The Labute approximate surface area is 78.4 Å². The first-order chi connectivity index (χ1) is 6.29. The number of ether oxygens (including phenoxy) is 1. The highest BCUT2D eigenvalue weighted by atomic mass is 16.5. The molecule has 1 aliphatic carbocycles. The first kappa shape index (κ1) is 10.3. The average Bonchev–Trinajstić information content (AvgIpc) is 2.01. The van der Waals surface area contributed by atoms with Crippen LogP contribution in [0.25, 0.3) is 0 Å². The van der Waals surface area contributed by atoms with Gasteiger partial charge in [0, 0.05) is 0 Å². The van der Waals surface area contributed by atoms with Crippen molar-refractivity contribution in [3.05, 3.63) is 12.2 Å². The van der Waals surface area contributed by atoms with Crippen molar-refractivity contribution in [3.8, 4) is 0 Å². The Kier molecular flexibility index (Phi) is 4.54. The maximum atomic E-state index is 10.3. The van der Waals surface area contributed by atoms with Crippen molar-refractivity contribution in [1.82, 2.24) is 0 Å². The molecule has 0 bridgehead atoms. The van der Waals surface area contributed by atoms with Gasteiger partial charge < -0.3 is 9.84 Å². The molecule has 0 saturated carbocycles. The van der Waals surface area contributed by atoms with Crippen LogP contribution in [0, 0.1) is 0 Å². The molecule has 0 saturated heterocycles. The Morgan fingerprint density at radius 2 is 2.15 bits per heavy atom. The zero-order chi connectivity index (χ0) is 9.52. The van der Waals surface area contributed by atoms with E-state index in [9.17, 15) is 4.79 Å². The van der Waals surface area contributed by atoms with E-state index < -0.39 is 5.97 Å². The van der Waals surface area contributed by atoms with Gasteiger partial charge in [0.05, 0.1) is 6.10 Å². The number of carbonyl (C=O) groups is 1. The lowest BCUT2D eigenvalue weighted by Crippen LogP contribution is -2.18. The lowest BCUT2D eigenvalue weighted by Gasteiger charge is -2.16. The van der Waals surface area contributed by atoms with Gasteiger partial charge in [-0.15, -0.1) is 0 Å². The molecule has 1 N–H and O–H groups in total. The molecule has 0 heterocycles. The van der Waals surface area contributed by atoms with E-state index in [1.54, 1.807) is 0 Å². The molecule has 0 radical (unpaired) electrons. The zero-order valence-electron chi connectivity index (χ0n) is 7.74. The molecule has 74 valence electrons. The molecule has 0 aromatic rings. The normalized spacial score (nSPS) is 26.0. The predicted molar refractivity (Wildman–Crippen MR) is 49.6 cm³/mol. The average molecular weight is 184 g/mol. The van der Waals surface area contributed by atoms with E-state index >= 15 is 0 Å². The number of rotatable bonds is 3. The van der Waals surface area contributed by atoms with Gasteiger partial charge in [-0.2, -0.15) is 0 Å². The maximum Gasteiger partial charge on any atom is 0.329 e. The van der Waals surface area contributed by atoms with Crippen molar-refractivity contribution in [2.24, 2.45) is 0 Å². The molecule has 0 aromatic carbocycles. The highest BCUT2D eigenvalue weighted by Crippen LogP contribution is 2.14. The van der Waals surface area contributed by atoms with E-state index in [2.05, 4.69) is 12.2 Å². The lowest BCUT2D eigenvalue weighted by atomic mass is 10.0. The fraction of sp³-hybridized carbons (Fsp3) is 0.700. The summed E-state index contributed by atoms with van der Waals surface area (Å²) in [7, 11) is 0. The molecule has 0 unspecified atom stereocenters. The van der Waals surface area contributed by atoms with Crippen molar-refractivity contribution >= 4 is 5.97 Å². The summed E-state index contributed by atoms with van der Waals surface area (Å²) in [6.07, 6.45) is 9.60. The molecule has 0 spiro atoms. The van der Waals surface area contributed by atoms with Crippen LogP contribution in [0.15, 0.2) is 12.2 Å². The molecular weight excluding hydrogens is 168 g/mol. The van der Waals surface area contributed by atoms with Crippen molar-refractivity contribution in [1.29, 1.82) is 0 Å². The first-order valence-electron chi connectivity index (χ1n) is 4.77. The molecule has 0 aliphatic heterocycles. The third kappa shape index (κ3) is 4.68.